The van der Waals surface area contributed by atoms with Crippen LogP contribution in [-0.2, 0) is 9.84 Å². The van der Waals surface area contributed by atoms with Gasteiger partial charge in [-0.2, -0.15) is 4.98 Å². The van der Waals surface area contributed by atoms with E-state index in [0.717, 1.165) is 6.54 Å². The van der Waals surface area contributed by atoms with Crippen LogP contribution in [0.3, 0.4) is 0 Å². The van der Waals surface area contributed by atoms with Gasteiger partial charge in [0.2, 0.25) is 12.7 Å². The molecule has 174 valence electrons. The minimum atomic E-state index is -3.34. The Morgan fingerprint density at radius 3 is 2.70 bits per heavy atom. The summed E-state index contributed by atoms with van der Waals surface area (Å²) in [7, 11) is 0.630. The maximum absolute atomic E-state index is 11.9. The van der Waals surface area contributed by atoms with Gasteiger partial charge in [0, 0.05) is 31.2 Å². The highest BCUT2D eigenvalue weighted by Gasteiger charge is 2.26. The van der Waals surface area contributed by atoms with Crippen molar-refractivity contribution in [2.45, 2.75) is 4.90 Å². The van der Waals surface area contributed by atoms with Gasteiger partial charge in [-0.05, 0) is 50.5 Å². The van der Waals surface area contributed by atoms with Crippen LogP contribution in [0.25, 0.3) is 0 Å². The molecule has 0 radical (unpaired) electrons. The van der Waals surface area contributed by atoms with Gasteiger partial charge in [0.25, 0.3) is 0 Å². The van der Waals surface area contributed by atoms with E-state index < -0.39 is 9.84 Å². The Morgan fingerprint density at radius 1 is 1.12 bits per heavy atom. The molecular formula is C22H24ClN5O4S. The van der Waals surface area contributed by atoms with Crippen LogP contribution in [0, 0.1) is 0 Å². The first-order chi connectivity index (χ1) is 15.7. The van der Waals surface area contributed by atoms with Gasteiger partial charge in [0.05, 0.1) is 9.92 Å². The van der Waals surface area contributed by atoms with Crippen LogP contribution in [0.5, 0.6) is 11.5 Å². The van der Waals surface area contributed by atoms with E-state index in [1.807, 2.05) is 19.0 Å². The maximum Gasteiger partial charge on any atom is 0.231 e. The predicted octanol–water partition coefficient (Wildman–Crippen LogP) is 3.71. The lowest BCUT2D eigenvalue weighted by atomic mass is 10.2. The Balaban J connectivity index is 1.70. The van der Waals surface area contributed by atoms with Crippen molar-refractivity contribution in [3.8, 4) is 11.5 Å². The molecule has 0 fully saturated rings. The zero-order chi connectivity index (χ0) is 23.6. The summed E-state index contributed by atoms with van der Waals surface area (Å²) in [5.41, 5.74) is 1.22. The number of benzene rings is 2. The van der Waals surface area contributed by atoms with Crippen LogP contribution in [-0.4, -0.2) is 63.5 Å². The molecule has 11 heteroatoms. The number of likely N-dealkylation sites (N-methyl/N-ethyl adjacent to an activating group) is 1. The smallest absolute Gasteiger partial charge is 0.231 e. The van der Waals surface area contributed by atoms with Crippen molar-refractivity contribution < 1.29 is 17.9 Å². The van der Waals surface area contributed by atoms with Gasteiger partial charge in [0.1, 0.15) is 11.5 Å². The van der Waals surface area contributed by atoms with Gasteiger partial charge >= 0.3 is 0 Å². The molecule has 2 aromatic carbocycles. The minimum Gasteiger partial charge on any atom is -0.454 e. The summed E-state index contributed by atoms with van der Waals surface area (Å²) in [6, 6.07) is 11.8. The predicted molar refractivity (Wildman–Crippen MR) is 128 cm³/mol. The average Bonchev–Trinajstić information content (AvgIpc) is 3.24. The number of ether oxygens (including phenoxy) is 2. The van der Waals surface area contributed by atoms with Gasteiger partial charge < -0.3 is 24.6 Å². The van der Waals surface area contributed by atoms with E-state index in [0.29, 0.717) is 46.2 Å². The van der Waals surface area contributed by atoms with Crippen molar-refractivity contribution in [3.05, 3.63) is 53.7 Å². The number of hydrogen-bond acceptors (Lipinski definition) is 9. The minimum absolute atomic E-state index is 0.122. The second kappa shape index (κ2) is 9.42. The van der Waals surface area contributed by atoms with E-state index in [1.165, 1.54) is 6.26 Å². The van der Waals surface area contributed by atoms with E-state index in [4.69, 9.17) is 21.1 Å². The van der Waals surface area contributed by atoms with Crippen LogP contribution < -0.4 is 19.7 Å². The summed E-state index contributed by atoms with van der Waals surface area (Å²) >= 11 is 6.59. The number of nitrogens with zero attached hydrogens (tertiary/aromatic N) is 4. The van der Waals surface area contributed by atoms with Gasteiger partial charge in [-0.3, -0.25) is 0 Å². The van der Waals surface area contributed by atoms with E-state index in [2.05, 4.69) is 20.2 Å². The first kappa shape index (κ1) is 23.1. The van der Waals surface area contributed by atoms with Crippen LogP contribution in [0.4, 0.5) is 23.1 Å². The summed E-state index contributed by atoms with van der Waals surface area (Å²) < 4.78 is 35.0. The number of rotatable bonds is 8. The van der Waals surface area contributed by atoms with Gasteiger partial charge in [-0.15, -0.1) is 0 Å². The maximum atomic E-state index is 11.9. The molecule has 0 bridgehead atoms. The van der Waals surface area contributed by atoms with Gasteiger partial charge in [-0.25, -0.2) is 13.4 Å². The van der Waals surface area contributed by atoms with Crippen molar-refractivity contribution >= 4 is 44.6 Å². The lowest BCUT2D eigenvalue weighted by Gasteiger charge is -2.27. The Labute approximate surface area is 197 Å². The molecule has 0 amide bonds. The van der Waals surface area contributed by atoms with E-state index in [-0.39, 0.29) is 11.7 Å². The van der Waals surface area contributed by atoms with Crippen molar-refractivity contribution in [1.29, 1.82) is 0 Å². The Morgan fingerprint density at radius 2 is 1.94 bits per heavy atom. The zero-order valence-corrected chi connectivity index (χ0v) is 20.0. The highest BCUT2D eigenvalue weighted by atomic mass is 35.5. The number of halogens is 1. The number of aromatic nitrogens is 2. The number of fused-ring (bicyclic) bond motifs is 1. The Kier molecular flexibility index (Phi) is 6.59. The van der Waals surface area contributed by atoms with Gasteiger partial charge in [-0.1, -0.05) is 17.7 Å². The standard InChI is InChI=1S/C22H24ClN5O4S/c1-27(2)11-12-28(20-17(23)7-8-18-21(20)32-14-31-18)19-9-10-24-22(26-19)25-15-5-4-6-16(13-15)33(3,29)30/h4-10,13H,11-12,14H2,1-3H3,(H,24,25,26). The fourth-order valence-electron chi connectivity index (χ4n) is 3.32. The molecule has 1 N–H and O–H groups in total. The Bertz CT molecular complexity index is 1270. The highest BCUT2D eigenvalue weighted by molar-refractivity contribution is 7.90. The second-order valence-corrected chi connectivity index (χ2v) is 10.2. The highest BCUT2D eigenvalue weighted by Crippen LogP contribution is 2.47. The summed E-state index contributed by atoms with van der Waals surface area (Å²) in [5, 5.41) is 3.59. The monoisotopic (exact) mass is 489 g/mol. The SMILES string of the molecule is CN(C)CCN(c1ccnc(Nc2cccc(S(C)(=O)=O)c2)n1)c1c(Cl)ccc2c1OCO2. The lowest BCUT2D eigenvalue weighted by Crippen LogP contribution is -2.29. The average molecular weight is 490 g/mol. The lowest BCUT2D eigenvalue weighted by molar-refractivity contribution is 0.174. The third-order valence-corrected chi connectivity index (χ3v) is 6.36. The van der Waals surface area contributed by atoms with Crippen molar-refractivity contribution in [1.82, 2.24) is 14.9 Å². The van der Waals surface area contributed by atoms with E-state index in [9.17, 15) is 8.42 Å². The number of sulfone groups is 1. The molecule has 33 heavy (non-hydrogen) atoms. The summed E-state index contributed by atoms with van der Waals surface area (Å²) in [6.07, 6.45) is 2.79. The molecule has 1 aliphatic heterocycles. The molecule has 4 rings (SSSR count). The zero-order valence-electron chi connectivity index (χ0n) is 18.4. The number of nitrogens with one attached hydrogen (secondary N) is 1. The largest absolute Gasteiger partial charge is 0.454 e. The van der Waals surface area contributed by atoms with Crippen molar-refractivity contribution in [2.24, 2.45) is 0 Å². The number of anilines is 4. The molecule has 0 spiro atoms. The van der Waals surface area contributed by atoms with Crippen LogP contribution in [0.1, 0.15) is 0 Å². The molecule has 0 saturated carbocycles. The number of hydrogen-bond donors (Lipinski definition) is 1. The van der Waals surface area contributed by atoms with E-state index in [1.54, 1.807) is 48.7 Å². The first-order valence-corrected chi connectivity index (χ1v) is 12.4. The molecule has 0 atom stereocenters. The van der Waals surface area contributed by atoms with Crippen molar-refractivity contribution in [3.63, 3.8) is 0 Å². The molecular weight excluding hydrogens is 466 g/mol. The van der Waals surface area contributed by atoms with Crippen LogP contribution >= 0.6 is 11.6 Å². The molecule has 1 aromatic heterocycles. The van der Waals surface area contributed by atoms with Crippen molar-refractivity contribution in [2.75, 3.05) is 50.5 Å². The van der Waals surface area contributed by atoms with Gasteiger partial charge in [0.15, 0.2) is 21.3 Å². The summed E-state index contributed by atoms with van der Waals surface area (Å²) in [5.74, 6) is 2.10. The molecule has 0 unspecified atom stereocenters. The third kappa shape index (κ3) is 5.29. The molecule has 2 heterocycles. The molecule has 9 nitrogen and oxygen atoms in total. The molecule has 1 aliphatic rings. The summed E-state index contributed by atoms with van der Waals surface area (Å²) in [6.45, 7) is 1.42. The summed E-state index contributed by atoms with van der Waals surface area (Å²) in [4.78, 5) is 13.2. The second-order valence-electron chi connectivity index (χ2n) is 7.75. The normalized spacial score (nSPS) is 12.8. The topological polar surface area (TPSA) is 96.9 Å². The van der Waals surface area contributed by atoms with Crippen LogP contribution in [0.2, 0.25) is 5.02 Å². The quantitative estimate of drug-likeness (QED) is 0.507. The van der Waals surface area contributed by atoms with Crippen LogP contribution in [0.15, 0.2) is 53.6 Å². The fraction of sp³-hybridized carbons (Fsp3) is 0.273. The van der Waals surface area contributed by atoms with E-state index >= 15 is 0 Å². The first-order valence-electron chi connectivity index (χ1n) is 10.1. The molecule has 3 aromatic rings. The molecule has 0 saturated heterocycles. The third-order valence-electron chi connectivity index (χ3n) is 4.94. The fourth-order valence-corrected chi connectivity index (χ4v) is 4.24. The Hall–Kier alpha value is -3.08. The molecule has 0 aliphatic carbocycles.